The van der Waals surface area contributed by atoms with Crippen molar-refractivity contribution in [3.63, 3.8) is 0 Å². The van der Waals surface area contributed by atoms with Crippen LogP contribution in [0.15, 0.2) is 41.7 Å². The average molecular weight is 512 g/mol. The third kappa shape index (κ3) is 6.09. The molecule has 0 unspecified atom stereocenters. The van der Waals surface area contributed by atoms with E-state index in [-0.39, 0.29) is 24.0 Å². The van der Waals surface area contributed by atoms with E-state index in [0.29, 0.717) is 13.2 Å². The highest BCUT2D eigenvalue weighted by Crippen LogP contribution is 2.28. The second-order valence-corrected chi connectivity index (χ2v) is 6.34. The van der Waals surface area contributed by atoms with Gasteiger partial charge in [0.25, 0.3) is 0 Å². The SMILES string of the molecule is CCOc1cc(CNC(=NC)N2CCN(c3ncccn3)CC2)ccc1OC.I. The molecule has 8 nitrogen and oxygen atoms in total. The lowest BCUT2D eigenvalue weighted by Crippen LogP contribution is -2.52. The van der Waals surface area contributed by atoms with E-state index in [4.69, 9.17) is 9.47 Å². The summed E-state index contributed by atoms with van der Waals surface area (Å²) in [5, 5.41) is 3.45. The van der Waals surface area contributed by atoms with Crippen molar-refractivity contribution in [3.05, 3.63) is 42.2 Å². The number of piperazine rings is 1. The Labute approximate surface area is 189 Å². The monoisotopic (exact) mass is 512 g/mol. The lowest BCUT2D eigenvalue weighted by Gasteiger charge is -2.36. The molecule has 158 valence electrons. The number of aliphatic imine (C=N–C) groups is 1. The summed E-state index contributed by atoms with van der Waals surface area (Å²) in [7, 11) is 3.46. The van der Waals surface area contributed by atoms with Gasteiger partial charge in [-0.15, -0.1) is 24.0 Å². The van der Waals surface area contributed by atoms with Gasteiger partial charge in [0.2, 0.25) is 5.95 Å². The Morgan fingerprint density at radius 1 is 1.14 bits per heavy atom. The molecule has 0 amide bonds. The van der Waals surface area contributed by atoms with Gasteiger partial charge in [0.05, 0.1) is 13.7 Å². The van der Waals surface area contributed by atoms with Gasteiger partial charge in [0, 0.05) is 52.2 Å². The number of hydrogen-bond acceptors (Lipinski definition) is 6. The molecule has 2 aromatic rings. The van der Waals surface area contributed by atoms with Gasteiger partial charge in [-0.3, -0.25) is 4.99 Å². The van der Waals surface area contributed by atoms with Crippen LogP contribution in [0.25, 0.3) is 0 Å². The number of aromatic nitrogens is 2. The highest BCUT2D eigenvalue weighted by Gasteiger charge is 2.21. The highest BCUT2D eigenvalue weighted by molar-refractivity contribution is 14.0. The zero-order valence-corrected chi connectivity index (χ0v) is 19.5. The van der Waals surface area contributed by atoms with Crippen LogP contribution >= 0.6 is 24.0 Å². The van der Waals surface area contributed by atoms with Crippen LogP contribution in [0.5, 0.6) is 11.5 Å². The van der Waals surface area contributed by atoms with E-state index in [0.717, 1.165) is 55.1 Å². The maximum absolute atomic E-state index is 5.66. The number of rotatable bonds is 6. The van der Waals surface area contributed by atoms with Crippen LogP contribution in [0.3, 0.4) is 0 Å². The first-order chi connectivity index (χ1) is 13.7. The van der Waals surface area contributed by atoms with Crippen molar-refractivity contribution in [1.82, 2.24) is 20.2 Å². The molecule has 1 N–H and O–H groups in total. The Bertz CT molecular complexity index is 782. The second kappa shape index (κ2) is 11.6. The van der Waals surface area contributed by atoms with Crippen molar-refractivity contribution in [2.24, 2.45) is 4.99 Å². The predicted octanol–water partition coefficient (Wildman–Crippen LogP) is 2.40. The average Bonchev–Trinajstić information content (AvgIpc) is 2.76. The fourth-order valence-electron chi connectivity index (χ4n) is 3.19. The van der Waals surface area contributed by atoms with Crippen molar-refractivity contribution >= 4 is 35.9 Å². The third-order valence-corrected chi connectivity index (χ3v) is 4.60. The lowest BCUT2D eigenvalue weighted by atomic mass is 10.2. The van der Waals surface area contributed by atoms with E-state index in [2.05, 4.69) is 30.1 Å². The molecule has 1 aliphatic rings. The van der Waals surface area contributed by atoms with Crippen LogP contribution in [-0.4, -0.2) is 67.8 Å². The largest absolute Gasteiger partial charge is 0.493 e. The van der Waals surface area contributed by atoms with Gasteiger partial charge in [-0.1, -0.05) is 6.07 Å². The van der Waals surface area contributed by atoms with Crippen LogP contribution < -0.4 is 19.7 Å². The zero-order valence-electron chi connectivity index (χ0n) is 17.2. The van der Waals surface area contributed by atoms with Crippen LogP contribution in [0, 0.1) is 0 Å². The van der Waals surface area contributed by atoms with E-state index in [1.165, 1.54) is 0 Å². The summed E-state index contributed by atoms with van der Waals surface area (Å²) in [6.45, 7) is 6.69. The number of ether oxygens (including phenoxy) is 2. The number of halogens is 1. The summed E-state index contributed by atoms with van der Waals surface area (Å²) in [6.07, 6.45) is 3.56. The topological polar surface area (TPSA) is 75.1 Å². The molecule has 1 fully saturated rings. The molecule has 29 heavy (non-hydrogen) atoms. The van der Waals surface area contributed by atoms with Crippen molar-refractivity contribution in [3.8, 4) is 11.5 Å². The van der Waals surface area contributed by atoms with E-state index < -0.39 is 0 Å². The van der Waals surface area contributed by atoms with Gasteiger partial charge in [0.1, 0.15) is 0 Å². The van der Waals surface area contributed by atoms with Gasteiger partial charge in [-0.25, -0.2) is 9.97 Å². The predicted molar refractivity (Wildman–Crippen MR) is 126 cm³/mol. The number of nitrogens with zero attached hydrogens (tertiary/aromatic N) is 5. The quantitative estimate of drug-likeness (QED) is 0.362. The minimum atomic E-state index is 0. The summed E-state index contributed by atoms with van der Waals surface area (Å²) in [6, 6.07) is 7.81. The Morgan fingerprint density at radius 2 is 1.86 bits per heavy atom. The molecule has 2 heterocycles. The van der Waals surface area contributed by atoms with Crippen molar-refractivity contribution in [2.45, 2.75) is 13.5 Å². The molecule has 1 saturated heterocycles. The summed E-state index contributed by atoms with van der Waals surface area (Å²) in [4.78, 5) is 17.6. The van der Waals surface area contributed by atoms with Crippen LogP contribution in [0.2, 0.25) is 0 Å². The van der Waals surface area contributed by atoms with Gasteiger partial charge in [-0.05, 0) is 30.7 Å². The maximum Gasteiger partial charge on any atom is 0.225 e. The van der Waals surface area contributed by atoms with Crippen LogP contribution in [-0.2, 0) is 6.54 Å². The highest BCUT2D eigenvalue weighted by atomic mass is 127. The standard InChI is InChI=1S/C20H28N6O2.HI/c1-4-28-18-14-16(6-7-17(18)27-3)15-24-19(21-2)25-10-12-26(13-11-25)20-22-8-5-9-23-20;/h5-9,14H,4,10-13,15H2,1-3H3,(H,21,24);1H. The van der Waals surface area contributed by atoms with Crippen molar-refractivity contribution < 1.29 is 9.47 Å². The van der Waals surface area contributed by atoms with Crippen molar-refractivity contribution in [2.75, 3.05) is 51.8 Å². The molecule has 1 aromatic heterocycles. The number of methoxy groups -OCH3 is 1. The second-order valence-electron chi connectivity index (χ2n) is 6.34. The van der Waals surface area contributed by atoms with Gasteiger partial charge >= 0.3 is 0 Å². The fraction of sp³-hybridized carbons (Fsp3) is 0.450. The number of benzene rings is 1. The molecule has 1 aliphatic heterocycles. The number of nitrogens with one attached hydrogen (secondary N) is 1. The first-order valence-electron chi connectivity index (χ1n) is 9.52. The molecule has 3 rings (SSSR count). The first-order valence-corrected chi connectivity index (χ1v) is 9.52. The summed E-state index contributed by atoms with van der Waals surface area (Å²) < 4.78 is 11.0. The van der Waals surface area contributed by atoms with Gasteiger partial charge < -0.3 is 24.6 Å². The van der Waals surface area contributed by atoms with Crippen LogP contribution in [0.4, 0.5) is 5.95 Å². The van der Waals surface area contributed by atoms with Crippen LogP contribution in [0.1, 0.15) is 12.5 Å². The van der Waals surface area contributed by atoms with E-state index >= 15 is 0 Å². The minimum Gasteiger partial charge on any atom is -0.493 e. The maximum atomic E-state index is 5.66. The molecular weight excluding hydrogens is 483 g/mol. The molecule has 0 atom stereocenters. The molecule has 0 spiro atoms. The minimum absolute atomic E-state index is 0. The first kappa shape index (κ1) is 23.0. The number of anilines is 1. The van der Waals surface area contributed by atoms with Gasteiger partial charge in [-0.2, -0.15) is 0 Å². The fourth-order valence-corrected chi connectivity index (χ4v) is 3.19. The smallest absolute Gasteiger partial charge is 0.225 e. The van der Waals surface area contributed by atoms with Gasteiger partial charge in [0.15, 0.2) is 17.5 Å². The molecule has 0 saturated carbocycles. The normalized spacial score (nSPS) is 14.2. The van der Waals surface area contributed by atoms with Crippen molar-refractivity contribution in [1.29, 1.82) is 0 Å². The Balaban J connectivity index is 0.00000300. The van der Waals surface area contributed by atoms with E-state index in [9.17, 15) is 0 Å². The zero-order chi connectivity index (χ0) is 19.8. The lowest BCUT2D eigenvalue weighted by molar-refractivity contribution is 0.310. The summed E-state index contributed by atoms with van der Waals surface area (Å²) >= 11 is 0. The molecular formula is C20H29IN6O2. The Kier molecular flexibility index (Phi) is 9.23. The van der Waals surface area contributed by atoms with E-state index in [1.807, 2.05) is 38.2 Å². The number of guanidine groups is 1. The Morgan fingerprint density at radius 3 is 2.48 bits per heavy atom. The summed E-state index contributed by atoms with van der Waals surface area (Å²) in [5.41, 5.74) is 1.11. The number of hydrogen-bond donors (Lipinski definition) is 1. The molecule has 0 radical (unpaired) electrons. The Hall–Kier alpha value is -2.30. The van der Waals surface area contributed by atoms with E-state index in [1.54, 1.807) is 19.5 Å². The molecule has 1 aromatic carbocycles. The molecule has 0 aliphatic carbocycles. The third-order valence-electron chi connectivity index (χ3n) is 4.60. The molecule has 0 bridgehead atoms. The summed E-state index contributed by atoms with van der Waals surface area (Å²) in [5.74, 6) is 3.18. The molecule has 9 heteroatoms.